The molecule has 0 aliphatic heterocycles. The van der Waals surface area contributed by atoms with E-state index in [9.17, 15) is 10.1 Å². The lowest BCUT2D eigenvalue weighted by Crippen LogP contribution is -2.37. The molecule has 0 spiro atoms. The third-order valence-electron chi connectivity index (χ3n) is 5.43. The number of hydrogen-bond acceptors (Lipinski definition) is 4. The Morgan fingerprint density at radius 3 is 2.77 bits per heavy atom. The van der Waals surface area contributed by atoms with Crippen molar-refractivity contribution in [1.82, 2.24) is 9.47 Å². The first-order valence-corrected chi connectivity index (χ1v) is 9.13. The van der Waals surface area contributed by atoms with Gasteiger partial charge in [-0.05, 0) is 51.4 Å². The maximum absolute atomic E-state index is 12.6. The third-order valence-corrected chi connectivity index (χ3v) is 5.43. The third kappa shape index (κ3) is 3.68. The molecule has 0 bridgehead atoms. The number of rotatable bonds is 6. The van der Waals surface area contributed by atoms with Crippen LogP contribution in [0.3, 0.4) is 0 Å². The minimum Gasteiger partial charge on any atom is -0.467 e. The number of hydrogen-bond donors (Lipinski definition) is 1. The van der Waals surface area contributed by atoms with Crippen LogP contribution in [0.4, 0.5) is 5.82 Å². The summed E-state index contributed by atoms with van der Waals surface area (Å²) in [6.45, 7) is 4.68. The Kier molecular flexibility index (Phi) is 5.48. The summed E-state index contributed by atoms with van der Waals surface area (Å²) < 4.78 is 7.39. The molecule has 0 radical (unpaired) electrons. The molecule has 2 aromatic heterocycles. The van der Waals surface area contributed by atoms with E-state index in [0.29, 0.717) is 30.5 Å². The first kappa shape index (κ1) is 18.3. The average Bonchev–Trinajstić information content (AvgIpc) is 3.34. The van der Waals surface area contributed by atoms with Crippen LogP contribution in [0.25, 0.3) is 0 Å². The Bertz CT molecular complexity index is 808. The Labute approximate surface area is 154 Å². The monoisotopic (exact) mass is 354 g/mol. The molecule has 1 fully saturated rings. The van der Waals surface area contributed by atoms with E-state index in [2.05, 4.69) is 16.3 Å². The molecule has 1 N–H and O–H groups in total. The molecule has 1 saturated carbocycles. The van der Waals surface area contributed by atoms with Crippen molar-refractivity contribution in [3.05, 3.63) is 41.0 Å². The van der Waals surface area contributed by atoms with Crippen LogP contribution in [0.15, 0.2) is 22.8 Å². The lowest BCUT2D eigenvalue weighted by molar-refractivity contribution is -0.117. The smallest absolute Gasteiger partial charge is 0.239 e. The molecule has 2 aromatic rings. The van der Waals surface area contributed by atoms with Gasteiger partial charge in [0.1, 0.15) is 17.6 Å². The summed E-state index contributed by atoms with van der Waals surface area (Å²) >= 11 is 0. The maximum Gasteiger partial charge on any atom is 0.239 e. The molecule has 3 rings (SSSR count). The van der Waals surface area contributed by atoms with Gasteiger partial charge in [0.25, 0.3) is 0 Å². The number of furan rings is 1. The van der Waals surface area contributed by atoms with Gasteiger partial charge in [0.15, 0.2) is 0 Å². The second-order valence-corrected chi connectivity index (χ2v) is 7.11. The summed E-state index contributed by atoms with van der Waals surface area (Å²) in [7, 11) is 2.00. The van der Waals surface area contributed by atoms with Gasteiger partial charge >= 0.3 is 0 Å². The lowest BCUT2D eigenvalue weighted by atomic mass is 10.2. The van der Waals surface area contributed by atoms with Crippen LogP contribution < -0.4 is 5.32 Å². The predicted octanol–water partition coefficient (Wildman–Crippen LogP) is 3.43. The van der Waals surface area contributed by atoms with Crippen LogP contribution in [0.1, 0.15) is 48.3 Å². The van der Waals surface area contributed by atoms with Crippen molar-refractivity contribution in [3.63, 3.8) is 0 Å². The molecule has 6 nitrogen and oxygen atoms in total. The Morgan fingerprint density at radius 1 is 1.42 bits per heavy atom. The first-order chi connectivity index (χ1) is 12.5. The molecule has 6 heteroatoms. The summed E-state index contributed by atoms with van der Waals surface area (Å²) in [5.74, 6) is 1.25. The Balaban J connectivity index is 1.80. The van der Waals surface area contributed by atoms with Gasteiger partial charge in [-0.3, -0.25) is 9.69 Å². The number of nitrogens with zero attached hydrogens (tertiary/aromatic N) is 3. The molecule has 0 saturated heterocycles. The largest absolute Gasteiger partial charge is 0.467 e. The molecule has 26 heavy (non-hydrogen) atoms. The number of nitriles is 1. The SMILES string of the molecule is Cc1c(C#N)c(NC(=O)CN(C)C2CCCC2)n(Cc2ccco2)c1C. The van der Waals surface area contributed by atoms with Gasteiger partial charge in [-0.15, -0.1) is 0 Å². The van der Waals surface area contributed by atoms with Crippen LogP contribution in [0.2, 0.25) is 0 Å². The zero-order valence-electron chi connectivity index (χ0n) is 15.7. The quantitative estimate of drug-likeness (QED) is 0.862. The second kappa shape index (κ2) is 7.79. The number of nitrogens with one attached hydrogen (secondary N) is 1. The fraction of sp³-hybridized carbons (Fsp3) is 0.500. The normalized spacial score (nSPS) is 14.7. The van der Waals surface area contributed by atoms with E-state index < -0.39 is 0 Å². The molecule has 0 atom stereocenters. The fourth-order valence-corrected chi connectivity index (χ4v) is 3.76. The van der Waals surface area contributed by atoms with E-state index in [-0.39, 0.29) is 5.91 Å². The molecule has 2 heterocycles. The van der Waals surface area contributed by atoms with E-state index in [0.717, 1.165) is 29.9 Å². The molecular formula is C20H26N4O2. The standard InChI is InChI=1S/C20H26N4O2/c1-14-15(2)24(12-17-9-6-10-26-17)20(18(14)11-21)22-19(25)13-23(3)16-7-4-5-8-16/h6,9-10,16H,4-5,7-8,12-13H2,1-3H3,(H,22,25). The summed E-state index contributed by atoms with van der Waals surface area (Å²) in [6, 6.07) is 6.44. The van der Waals surface area contributed by atoms with Gasteiger partial charge in [-0.2, -0.15) is 5.26 Å². The van der Waals surface area contributed by atoms with E-state index in [1.165, 1.54) is 12.8 Å². The van der Waals surface area contributed by atoms with E-state index in [1.54, 1.807) is 6.26 Å². The lowest BCUT2D eigenvalue weighted by Gasteiger charge is -2.23. The van der Waals surface area contributed by atoms with Gasteiger partial charge in [0.05, 0.1) is 24.9 Å². The molecule has 0 aromatic carbocycles. The van der Waals surface area contributed by atoms with Crippen molar-refractivity contribution in [2.45, 2.75) is 52.1 Å². The van der Waals surface area contributed by atoms with Crippen LogP contribution >= 0.6 is 0 Å². The van der Waals surface area contributed by atoms with Crippen molar-refractivity contribution in [1.29, 1.82) is 5.26 Å². The van der Waals surface area contributed by atoms with Gasteiger partial charge in [-0.1, -0.05) is 12.8 Å². The highest BCUT2D eigenvalue weighted by molar-refractivity contribution is 5.93. The van der Waals surface area contributed by atoms with Crippen molar-refractivity contribution in [2.75, 3.05) is 18.9 Å². The number of amides is 1. The van der Waals surface area contributed by atoms with E-state index >= 15 is 0 Å². The molecule has 1 aliphatic rings. The van der Waals surface area contributed by atoms with Crippen molar-refractivity contribution >= 4 is 11.7 Å². The minimum atomic E-state index is -0.0888. The topological polar surface area (TPSA) is 74.2 Å². The molecule has 138 valence electrons. The Morgan fingerprint density at radius 2 is 2.15 bits per heavy atom. The van der Waals surface area contributed by atoms with Gasteiger partial charge < -0.3 is 14.3 Å². The van der Waals surface area contributed by atoms with Crippen LogP contribution in [0.5, 0.6) is 0 Å². The number of likely N-dealkylation sites (N-methyl/N-ethyl adjacent to an activating group) is 1. The van der Waals surface area contributed by atoms with Crippen LogP contribution in [-0.2, 0) is 11.3 Å². The van der Waals surface area contributed by atoms with E-state index in [1.807, 2.05) is 37.6 Å². The first-order valence-electron chi connectivity index (χ1n) is 9.13. The number of carbonyl (C=O) groups is 1. The maximum atomic E-state index is 12.6. The predicted molar refractivity (Wildman–Crippen MR) is 99.9 cm³/mol. The summed E-state index contributed by atoms with van der Waals surface area (Å²) in [5.41, 5.74) is 2.36. The molecule has 1 amide bonds. The van der Waals surface area contributed by atoms with Crippen molar-refractivity contribution < 1.29 is 9.21 Å². The molecule has 0 unspecified atom stereocenters. The van der Waals surface area contributed by atoms with Crippen LogP contribution in [-0.4, -0.2) is 35.0 Å². The molecular weight excluding hydrogens is 328 g/mol. The number of aromatic nitrogens is 1. The van der Waals surface area contributed by atoms with Gasteiger partial charge in [-0.25, -0.2) is 0 Å². The fourth-order valence-electron chi connectivity index (χ4n) is 3.76. The van der Waals surface area contributed by atoms with Gasteiger partial charge in [0.2, 0.25) is 5.91 Å². The van der Waals surface area contributed by atoms with Crippen molar-refractivity contribution in [2.24, 2.45) is 0 Å². The Hall–Kier alpha value is -2.52. The zero-order valence-corrected chi connectivity index (χ0v) is 15.7. The number of anilines is 1. The minimum absolute atomic E-state index is 0.0888. The summed E-state index contributed by atoms with van der Waals surface area (Å²) in [5, 5.41) is 12.6. The highest BCUT2D eigenvalue weighted by Crippen LogP contribution is 2.28. The summed E-state index contributed by atoms with van der Waals surface area (Å²) in [6.07, 6.45) is 6.40. The van der Waals surface area contributed by atoms with Crippen molar-refractivity contribution in [3.8, 4) is 6.07 Å². The summed E-state index contributed by atoms with van der Waals surface area (Å²) in [4.78, 5) is 14.7. The number of carbonyl (C=O) groups excluding carboxylic acids is 1. The zero-order chi connectivity index (χ0) is 18.7. The average molecular weight is 354 g/mol. The van der Waals surface area contributed by atoms with Crippen LogP contribution in [0, 0.1) is 25.2 Å². The van der Waals surface area contributed by atoms with Gasteiger partial charge in [0, 0.05) is 11.7 Å². The highest BCUT2D eigenvalue weighted by Gasteiger charge is 2.24. The molecule has 1 aliphatic carbocycles. The van der Waals surface area contributed by atoms with E-state index in [4.69, 9.17) is 4.42 Å². The highest BCUT2D eigenvalue weighted by atomic mass is 16.3. The second-order valence-electron chi connectivity index (χ2n) is 7.11.